The molecule has 2 heterocycles. The van der Waals surface area contributed by atoms with Crippen LogP contribution in [0.5, 0.6) is 0 Å². The second kappa shape index (κ2) is 7.61. The third kappa shape index (κ3) is 4.19. The number of H-pyrrole nitrogens is 1. The van der Waals surface area contributed by atoms with Crippen LogP contribution in [-0.4, -0.2) is 46.5 Å². The monoisotopic (exact) mass is 366 g/mol. The normalized spacial score (nSPS) is 15.3. The van der Waals surface area contributed by atoms with E-state index in [0.29, 0.717) is 13.1 Å². The van der Waals surface area contributed by atoms with Crippen molar-refractivity contribution in [3.8, 4) is 0 Å². The summed E-state index contributed by atoms with van der Waals surface area (Å²) in [7, 11) is 0. The number of nitrogens with one attached hydrogen (secondary N) is 2. The molecular formula is C11H16BrClN4O3. The van der Waals surface area contributed by atoms with Gasteiger partial charge in [-0.25, -0.2) is 4.79 Å². The van der Waals surface area contributed by atoms with Crippen LogP contribution in [0.1, 0.15) is 6.42 Å². The number of halogens is 2. The number of carbonyl (C=O) groups excluding carboxylic acids is 1. The Labute approximate surface area is 129 Å². The van der Waals surface area contributed by atoms with Gasteiger partial charge in [-0.1, -0.05) is 0 Å². The van der Waals surface area contributed by atoms with E-state index >= 15 is 0 Å². The first kappa shape index (κ1) is 16.9. The Morgan fingerprint density at radius 1 is 1.30 bits per heavy atom. The molecule has 0 spiro atoms. The fourth-order valence-electron chi connectivity index (χ4n) is 1.94. The third-order valence-electron chi connectivity index (χ3n) is 2.97. The number of nitrogens with zero attached hydrogens (tertiary/aromatic N) is 2. The van der Waals surface area contributed by atoms with E-state index in [0.717, 1.165) is 19.5 Å². The smallest absolute Gasteiger partial charge is 0.328 e. The molecule has 0 radical (unpaired) electrons. The fourth-order valence-corrected chi connectivity index (χ4v) is 2.29. The van der Waals surface area contributed by atoms with Gasteiger partial charge < -0.3 is 10.2 Å². The molecule has 20 heavy (non-hydrogen) atoms. The van der Waals surface area contributed by atoms with Crippen molar-refractivity contribution in [1.29, 1.82) is 0 Å². The number of aromatic nitrogens is 2. The molecule has 9 heteroatoms. The van der Waals surface area contributed by atoms with E-state index in [4.69, 9.17) is 0 Å². The summed E-state index contributed by atoms with van der Waals surface area (Å²) in [4.78, 5) is 38.8. The minimum absolute atomic E-state index is 0. The minimum atomic E-state index is -0.575. The van der Waals surface area contributed by atoms with Gasteiger partial charge in [0.25, 0.3) is 5.56 Å². The quantitative estimate of drug-likeness (QED) is 0.741. The Bertz CT molecular complexity index is 578. The van der Waals surface area contributed by atoms with Gasteiger partial charge in [0.05, 0.1) is 4.47 Å². The molecule has 7 nitrogen and oxygen atoms in total. The lowest BCUT2D eigenvalue weighted by Crippen LogP contribution is -2.40. The predicted octanol–water partition coefficient (Wildman–Crippen LogP) is -0.457. The number of hydrogen-bond donors (Lipinski definition) is 2. The van der Waals surface area contributed by atoms with Crippen molar-refractivity contribution in [2.45, 2.75) is 13.0 Å². The van der Waals surface area contributed by atoms with Gasteiger partial charge in [0.15, 0.2) is 0 Å². The summed E-state index contributed by atoms with van der Waals surface area (Å²) >= 11 is 3.04. The minimum Gasteiger partial charge on any atom is -0.340 e. The van der Waals surface area contributed by atoms with Gasteiger partial charge in [0.2, 0.25) is 5.91 Å². The van der Waals surface area contributed by atoms with Crippen LogP contribution in [0, 0.1) is 0 Å². The Morgan fingerprint density at radius 3 is 2.80 bits per heavy atom. The van der Waals surface area contributed by atoms with Crippen LogP contribution in [0.25, 0.3) is 0 Å². The Balaban J connectivity index is 0.00000200. The van der Waals surface area contributed by atoms with Crippen LogP contribution in [0.4, 0.5) is 0 Å². The molecule has 0 atom stereocenters. The maximum atomic E-state index is 12.1. The van der Waals surface area contributed by atoms with E-state index < -0.39 is 11.2 Å². The van der Waals surface area contributed by atoms with Crippen molar-refractivity contribution in [3.05, 3.63) is 31.5 Å². The van der Waals surface area contributed by atoms with E-state index in [9.17, 15) is 14.4 Å². The Kier molecular flexibility index (Phi) is 6.44. The molecule has 1 aliphatic rings. The molecule has 0 saturated carbocycles. The Hall–Kier alpha value is -1.12. The highest BCUT2D eigenvalue weighted by molar-refractivity contribution is 9.10. The molecule has 0 unspecified atom stereocenters. The van der Waals surface area contributed by atoms with Crippen molar-refractivity contribution >= 4 is 34.2 Å². The number of carbonyl (C=O) groups is 1. The van der Waals surface area contributed by atoms with E-state index in [1.807, 2.05) is 0 Å². The van der Waals surface area contributed by atoms with Crippen molar-refractivity contribution in [1.82, 2.24) is 19.8 Å². The summed E-state index contributed by atoms with van der Waals surface area (Å²) in [5.41, 5.74) is -1.07. The van der Waals surface area contributed by atoms with Gasteiger partial charge >= 0.3 is 5.69 Å². The molecule has 1 aromatic heterocycles. The molecule has 1 fully saturated rings. The van der Waals surface area contributed by atoms with E-state index in [1.54, 1.807) is 4.90 Å². The first-order valence-corrected chi connectivity index (χ1v) is 6.85. The van der Waals surface area contributed by atoms with Crippen LogP contribution in [0.2, 0.25) is 0 Å². The standard InChI is InChI=1S/C11H15BrN4O3.ClH/c12-8-6-16(11(19)14-10(8)18)7-9(17)15-4-1-2-13-3-5-15;/h6,13H,1-5,7H2,(H,14,18,19);1H. The summed E-state index contributed by atoms with van der Waals surface area (Å²) in [5.74, 6) is -0.121. The average Bonchev–Trinajstić information content (AvgIpc) is 2.64. The van der Waals surface area contributed by atoms with E-state index in [-0.39, 0.29) is 29.3 Å². The lowest BCUT2D eigenvalue weighted by molar-refractivity contribution is -0.131. The van der Waals surface area contributed by atoms with Crippen LogP contribution in [0.15, 0.2) is 20.3 Å². The SMILES string of the molecule is Cl.O=C(Cn1cc(Br)c(=O)[nH]c1=O)N1CCCNCC1. The predicted molar refractivity (Wildman–Crippen MR) is 80.3 cm³/mol. The molecule has 0 aromatic carbocycles. The van der Waals surface area contributed by atoms with Gasteiger partial charge in [-0.05, 0) is 28.9 Å². The zero-order chi connectivity index (χ0) is 13.8. The molecular weight excluding hydrogens is 352 g/mol. The lowest BCUT2D eigenvalue weighted by Gasteiger charge is -2.20. The Morgan fingerprint density at radius 2 is 2.05 bits per heavy atom. The zero-order valence-corrected chi connectivity index (χ0v) is 13.1. The maximum Gasteiger partial charge on any atom is 0.328 e. The van der Waals surface area contributed by atoms with Crippen LogP contribution in [0.3, 0.4) is 0 Å². The van der Waals surface area contributed by atoms with Gasteiger partial charge in [-0.2, -0.15) is 0 Å². The second-order valence-electron chi connectivity index (χ2n) is 4.35. The lowest BCUT2D eigenvalue weighted by atomic mass is 10.4. The van der Waals surface area contributed by atoms with Crippen molar-refractivity contribution in [2.24, 2.45) is 0 Å². The van der Waals surface area contributed by atoms with Gasteiger partial charge in [-0.15, -0.1) is 12.4 Å². The molecule has 1 amide bonds. The first-order chi connectivity index (χ1) is 9.08. The van der Waals surface area contributed by atoms with Gasteiger partial charge in [-0.3, -0.25) is 19.1 Å². The van der Waals surface area contributed by atoms with E-state index in [2.05, 4.69) is 26.2 Å². The molecule has 2 rings (SSSR count). The van der Waals surface area contributed by atoms with Crippen LogP contribution < -0.4 is 16.6 Å². The first-order valence-electron chi connectivity index (χ1n) is 6.05. The van der Waals surface area contributed by atoms with Crippen LogP contribution in [-0.2, 0) is 11.3 Å². The molecule has 2 N–H and O–H groups in total. The molecule has 0 aliphatic carbocycles. The summed E-state index contributed by atoms with van der Waals surface area (Å²) in [6, 6.07) is 0. The largest absolute Gasteiger partial charge is 0.340 e. The topological polar surface area (TPSA) is 87.2 Å². The number of hydrogen-bond acceptors (Lipinski definition) is 4. The maximum absolute atomic E-state index is 12.1. The summed E-state index contributed by atoms with van der Waals surface area (Å²) in [6.45, 7) is 2.92. The molecule has 1 aliphatic heterocycles. The second-order valence-corrected chi connectivity index (χ2v) is 5.20. The van der Waals surface area contributed by atoms with Gasteiger partial charge in [0.1, 0.15) is 6.54 Å². The third-order valence-corrected chi connectivity index (χ3v) is 3.53. The summed E-state index contributed by atoms with van der Waals surface area (Å²) in [5, 5.41) is 3.21. The highest BCUT2D eigenvalue weighted by Crippen LogP contribution is 2.01. The van der Waals surface area contributed by atoms with Crippen molar-refractivity contribution in [2.75, 3.05) is 26.2 Å². The van der Waals surface area contributed by atoms with Crippen molar-refractivity contribution < 1.29 is 4.79 Å². The van der Waals surface area contributed by atoms with E-state index in [1.165, 1.54) is 10.8 Å². The van der Waals surface area contributed by atoms with Crippen molar-refractivity contribution in [3.63, 3.8) is 0 Å². The summed E-state index contributed by atoms with van der Waals surface area (Å²) in [6.07, 6.45) is 2.24. The number of amides is 1. The molecule has 1 saturated heterocycles. The number of rotatable bonds is 2. The molecule has 0 bridgehead atoms. The fraction of sp³-hybridized carbons (Fsp3) is 0.545. The highest BCUT2D eigenvalue weighted by Gasteiger charge is 2.16. The molecule has 112 valence electrons. The van der Waals surface area contributed by atoms with Crippen LogP contribution >= 0.6 is 28.3 Å². The summed E-state index contributed by atoms with van der Waals surface area (Å²) < 4.78 is 1.43. The zero-order valence-electron chi connectivity index (χ0n) is 10.7. The molecule has 1 aromatic rings. The highest BCUT2D eigenvalue weighted by atomic mass is 79.9. The number of aromatic amines is 1. The average molecular weight is 368 g/mol. The van der Waals surface area contributed by atoms with Gasteiger partial charge in [0, 0.05) is 25.8 Å².